The molecule has 0 saturated heterocycles. The molecule has 0 aliphatic carbocycles. The Morgan fingerprint density at radius 1 is 0.328 bits per heavy atom. The van der Waals surface area contributed by atoms with Gasteiger partial charge in [-0.15, -0.1) is 0 Å². The normalized spacial score (nSPS) is 10.8. The van der Waals surface area contributed by atoms with E-state index in [9.17, 15) is 29.4 Å². The molecular formula is C52H96O8Sn. The molecule has 0 N–H and O–H groups in total. The molecule has 0 aliphatic rings. The van der Waals surface area contributed by atoms with Crippen LogP contribution in [0.1, 0.15) is 259 Å². The minimum absolute atomic E-state index is 0.149. The number of hydrogen-bond donors (Lipinski definition) is 0. The van der Waals surface area contributed by atoms with Crippen LogP contribution in [0.5, 0.6) is 0 Å². The average Bonchev–Trinajstić information content (AvgIpc) is 3.24. The number of carbonyl (C=O) groups excluding carboxylic acids is 4. The van der Waals surface area contributed by atoms with Gasteiger partial charge in [-0.25, -0.2) is 9.59 Å². The Balaban J connectivity index is -0.000000918. The minimum atomic E-state index is -1.38. The Morgan fingerprint density at radius 3 is 0.754 bits per heavy atom. The molecule has 0 bridgehead atoms. The zero-order valence-electron chi connectivity index (χ0n) is 40.4. The van der Waals surface area contributed by atoms with Gasteiger partial charge in [0.25, 0.3) is 0 Å². The summed E-state index contributed by atoms with van der Waals surface area (Å²) in [6.07, 6.45) is 50.7. The van der Waals surface area contributed by atoms with Gasteiger partial charge in [0.05, 0.1) is 25.2 Å². The van der Waals surface area contributed by atoms with Crippen molar-refractivity contribution in [2.75, 3.05) is 13.2 Å². The standard InChI is InChI=1S/2C22H40O4.2C4H9.Sn/c2*1-2-3-4-5-6-7-8-9-10-11-12-13-14-15-16-17-20-26-22(25)19-18-21(23)24;2*1-3-4-2;/h2*18-19H,2-17,20H2,1H3,(H,23,24);2*1,3-4H2,2H3;/q;;;;+2/p-2/b2*19-18-;;;. The van der Waals surface area contributed by atoms with Crippen LogP contribution in [-0.2, 0) is 28.7 Å². The molecule has 0 unspecified atom stereocenters. The summed E-state index contributed by atoms with van der Waals surface area (Å²) >= 11 is 0.149. The molecule has 0 spiro atoms. The molecule has 0 saturated carbocycles. The Hall–Kier alpha value is -1.84. The van der Waals surface area contributed by atoms with Crippen LogP contribution in [0, 0.1) is 0 Å². The maximum atomic E-state index is 11.1. The van der Waals surface area contributed by atoms with Crippen molar-refractivity contribution in [2.24, 2.45) is 0 Å². The number of rotatable bonds is 44. The second-order valence-corrected chi connectivity index (χ2v) is 21.0. The van der Waals surface area contributed by atoms with Gasteiger partial charge in [0.1, 0.15) is 0 Å². The molecule has 0 aromatic carbocycles. The van der Waals surface area contributed by atoms with Crippen LogP contribution >= 0.6 is 0 Å². The van der Waals surface area contributed by atoms with Gasteiger partial charge in [-0.05, 0) is 25.0 Å². The zero-order valence-corrected chi connectivity index (χ0v) is 43.2. The van der Waals surface area contributed by atoms with E-state index in [-0.39, 0.29) is 21.1 Å². The van der Waals surface area contributed by atoms with E-state index in [1.807, 2.05) is 0 Å². The van der Waals surface area contributed by atoms with Gasteiger partial charge in [-0.2, -0.15) is 0 Å². The summed E-state index contributed by atoms with van der Waals surface area (Å²) < 4.78 is 13.0. The fraction of sp³-hybridized carbons (Fsp3) is 0.846. The van der Waals surface area contributed by atoms with E-state index in [2.05, 4.69) is 27.7 Å². The van der Waals surface area contributed by atoms with Crippen molar-refractivity contribution in [1.29, 1.82) is 0 Å². The summed E-state index contributed by atoms with van der Waals surface area (Å²) in [5, 5.41) is 20.3. The third-order valence-corrected chi connectivity index (χ3v) is 14.6. The number of carboxylic acids is 2. The number of hydrogen-bond acceptors (Lipinski definition) is 8. The van der Waals surface area contributed by atoms with E-state index in [1.165, 1.54) is 205 Å². The van der Waals surface area contributed by atoms with Crippen molar-refractivity contribution in [1.82, 2.24) is 0 Å². The quantitative estimate of drug-likeness (QED) is 0.0255. The molecule has 0 amide bonds. The van der Waals surface area contributed by atoms with Crippen molar-refractivity contribution in [3.05, 3.63) is 24.3 Å². The average molecular weight is 968 g/mol. The molecule has 0 aromatic rings. The molecule has 0 rings (SSSR count). The van der Waals surface area contributed by atoms with Crippen molar-refractivity contribution < 1.29 is 38.9 Å². The van der Waals surface area contributed by atoms with Gasteiger partial charge in [-0.3, -0.25) is 0 Å². The van der Waals surface area contributed by atoms with Crippen LogP contribution in [0.15, 0.2) is 24.3 Å². The second-order valence-electron chi connectivity index (χ2n) is 16.7. The molecule has 0 fully saturated rings. The maximum absolute atomic E-state index is 11.1. The topological polar surface area (TPSA) is 133 Å². The molecule has 0 aromatic heterocycles. The van der Waals surface area contributed by atoms with Gasteiger partial charge < -0.3 is 29.3 Å². The molecule has 0 radical (unpaired) electrons. The van der Waals surface area contributed by atoms with Gasteiger partial charge in [-0.1, -0.05) is 206 Å². The van der Waals surface area contributed by atoms with Crippen LogP contribution in [0.4, 0.5) is 0 Å². The van der Waals surface area contributed by atoms with Crippen LogP contribution in [-0.4, -0.2) is 58.2 Å². The zero-order chi connectivity index (χ0) is 45.5. The van der Waals surface area contributed by atoms with E-state index < -0.39 is 23.9 Å². The van der Waals surface area contributed by atoms with E-state index >= 15 is 0 Å². The Labute approximate surface area is 387 Å². The van der Waals surface area contributed by atoms with Crippen LogP contribution in [0.2, 0.25) is 8.87 Å². The van der Waals surface area contributed by atoms with Crippen molar-refractivity contribution in [2.45, 2.75) is 268 Å². The summed E-state index contributed by atoms with van der Waals surface area (Å²) in [5.74, 6) is -4.00. The third kappa shape index (κ3) is 67.4. The molecule has 0 heterocycles. The fourth-order valence-electron chi connectivity index (χ4n) is 6.74. The van der Waals surface area contributed by atoms with E-state index in [1.54, 1.807) is 8.87 Å². The molecule has 61 heavy (non-hydrogen) atoms. The van der Waals surface area contributed by atoms with Gasteiger partial charge in [0.15, 0.2) is 0 Å². The molecule has 0 aliphatic heterocycles. The number of carboxylic acid groups (broad SMARTS) is 2. The van der Waals surface area contributed by atoms with Crippen molar-refractivity contribution >= 4 is 45.0 Å². The van der Waals surface area contributed by atoms with Crippen LogP contribution in [0.3, 0.4) is 0 Å². The molecule has 356 valence electrons. The number of esters is 2. The van der Waals surface area contributed by atoms with Crippen molar-refractivity contribution in [3.8, 4) is 0 Å². The molecular weight excluding hydrogens is 871 g/mol. The summed E-state index contributed by atoms with van der Waals surface area (Å²) in [4.78, 5) is 42.5. The molecule has 9 heteroatoms. The number of unbranched alkanes of at least 4 members (excludes halogenated alkanes) is 32. The first-order valence-electron chi connectivity index (χ1n) is 25.6. The van der Waals surface area contributed by atoms with E-state index in [0.717, 1.165) is 37.8 Å². The van der Waals surface area contributed by atoms with Crippen molar-refractivity contribution in [3.63, 3.8) is 0 Å². The number of carbonyl (C=O) groups is 4. The predicted octanol–water partition coefficient (Wildman–Crippen LogP) is 13.3. The Bertz CT molecular complexity index is 906. The van der Waals surface area contributed by atoms with Gasteiger partial charge >= 0.3 is 81.5 Å². The fourth-order valence-corrected chi connectivity index (χ4v) is 10.9. The Morgan fingerprint density at radius 2 is 0.541 bits per heavy atom. The number of ether oxygens (including phenoxy) is 2. The summed E-state index contributed by atoms with van der Waals surface area (Å²) in [5.41, 5.74) is 0. The van der Waals surface area contributed by atoms with E-state index in [0.29, 0.717) is 25.4 Å². The first-order valence-corrected chi connectivity index (χ1v) is 29.6. The monoisotopic (exact) mass is 969 g/mol. The SMILES string of the molecule is CCCCCCCCCCCCCCCCCCOC(=O)/C=C\C(=O)[O-].CCCCCCCCCCCCCCCCCCOC(=O)/C=C\C(=O)[O-].CCC[CH2][Sn+2][CH2]CCC. The van der Waals surface area contributed by atoms with Gasteiger partial charge in [0, 0.05) is 12.2 Å². The Kier molecular flexibility index (Phi) is 60.5. The van der Waals surface area contributed by atoms with Crippen LogP contribution in [0.25, 0.3) is 0 Å². The predicted molar refractivity (Wildman–Crippen MR) is 254 cm³/mol. The number of aliphatic carboxylic acids is 2. The first-order chi connectivity index (χ1) is 29.7. The van der Waals surface area contributed by atoms with Gasteiger partial charge in [0.2, 0.25) is 0 Å². The van der Waals surface area contributed by atoms with E-state index in [4.69, 9.17) is 9.47 Å². The second kappa shape index (κ2) is 58.2. The third-order valence-electron chi connectivity index (χ3n) is 10.6. The summed E-state index contributed by atoms with van der Waals surface area (Å²) in [6, 6.07) is 0. The summed E-state index contributed by atoms with van der Waals surface area (Å²) in [6.45, 7) is 9.82. The first kappa shape index (κ1) is 63.4. The molecule has 0 atom stereocenters. The summed E-state index contributed by atoms with van der Waals surface area (Å²) in [7, 11) is 0. The molecule has 8 nitrogen and oxygen atoms in total. The van der Waals surface area contributed by atoms with Crippen LogP contribution < -0.4 is 10.2 Å².